The Labute approximate surface area is 103 Å². The van der Waals surface area contributed by atoms with E-state index in [2.05, 4.69) is 20.9 Å². The summed E-state index contributed by atoms with van der Waals surface area (Å²) in [6.45, 7) is 1.72. The summed E-state index contributed by atoms with van der Waals surface area (Å²) in [6, 6.07) is 1.56. The highest BCUT2D eigenvalue weighted by molar-refractivity contribution is 9.09. The lowest BCUT2D eigenvalue weighted by Crippen LogP contribution is -2.20. The van der Waals surface area contributed by atoms with Gasteiger partial charge in [-0.1, -0.05) is 15.9 Å². The van der Waals surface area contributed by atoms with Crippen molar-refractivity contribution in [2.24, 2.45) is 0 Å². The minimum Gasteiger partial charge on any atom is -0.396 e. The Morgan fingerprint density at radius 1 is 1.44 bits per heavy atom. The van der Waals surface area contributed by atoms with Gasteiger partial charge >= 0.3 is 0 Å². The fourth-order valence-electron chi connectivity index (χ4n) is 1.43. The molecular weight excluding hydrogens is 274 g/mol. The van der Waals surface area contributed by atoms with Crippen LogP contribution in [0.4, 0.5) is 11.5 Å². The average Bonchev–Trinajstić information content (AvgIpc) is 2.23. The van der Waals surface area contributed by atoms with Crippen LogP contribution in [0.3, 0.4) is 0 Å². The molecule has 0 radical (unpaired) electrons. The number of nitrogen functional groups attached to an aromatic ring is 2. The first kappa shape index (κ1) is 13.2. The van der Waals surface area contributed by atoms with E-state index >= 15 is 0 Å². The van der Waals surface area contributed by atoms with Gasteiger partial charge in [0.1, 0.15) is 11.9 Å². The summed E-state index contributed by atoms with van der Waals surface area (Å²) in [5.41, 5.74) is 12.6. The van der Waals surface area contributed by atoms with Crippen LogP contribution in [0.25, 0.3) is 0 Å². The molecule has 1 rings (SSSR count). The summed E-state index contributed by atoms with van der Waals surface area (Å²) in [4.78, 5) is 4.01. The second kappa shape index (κ2) is 5.47. The lowest BCUT2D eigenvalue weighted by molar-refractivity contribution is 0.0168. The highest BCUT2D eigenvalue weighted by Crippen LogP contribution is 2.26. The Kier molecular flexibility index (Phi) is 4.52. The fourth-order valence-corrected chi connectivity index (χ4v) is 1.90. The molecule has 5 nitrogen and oxygen atoms in total. The van der Waals surface area contributed by atoms with Gasteiger partial charge in [0, 0.05) is 16.6 Å². The van der Waals surface area contributed by atoms with Crippen molar-refractivity contribution in [3.05, 3.63) is 17.3 Å². The zero-order valence-corrected chi connectivity index (χ0v) is 10.6. The number of anilines is 2. The maximum Gasteiger partial charge on any atom is 0.146 e. The van der Waals surface area contributed by atoms with Crippen molar-refractivity contribution in [1.82, 2.24) is 4.98 Å². The third-order valence-corrected chi connectivity index (χ3v) is 2.86. The largest absolute Gasteiger partial charge is 0.396 e. The number of aromatic nitrogens is 1. The Morgan fingerprint density at radius 2 is 2.06 bits per heavy atom. The monoisotopic (exact) mass is 289 g/mol. The van der Waals surface area contributed by atoms with Gasteiger partial charge in [-0.2, -0.15) is 0 Å². The number of pyridine rings is 1. The number of alkyl halides is 1. The van der Waals surface area contributed by atoms with Crippen molar-refractivity contribution in [2.75, 3.05) is 16.8 Å². The Bertz CT molecular complexity index is 373. The van der Waals surface area contributed by atoms with Crippen molar-refractivity contribution in [1.29, 1.82) is 0 Å². The minimum absolute atomic E-state index is 0.239. The predicted molar refractivity (Wildman–Crippen MR) is 67.2 cm³/mol. The normalized spacial score (nSPS) is 14.8. The van der Waals surface area contributed by atoms with Gasteiger partial charge in [-0.05, 0) is 19.4 Å². The van der Waals surface area contributed by atoms with E-state index in [4.69, 9.17) is 11.5 Å². The molecule has 16 heavy (non-hydrogen) atoms. The van der Waals surface area contributed by atoms with Crippen LogP contribution in [0.1, 0.15) is 23.8 Å². The molecule has 0 bridgehead atoms. The number of aliphatic hydroxyl groups is 2. The summed E-state index contributed by atoms with van der Waals surface area (Å²) in [6.07, 6.45) is -1.39. The molecule has 0 saturated carbocycles. The van der Waals surface area contributed by atoms with E-state index in [1.807, 2.05) is 0 Å². The molecular formula is C10H16BrN3O2. The zero-order chi connectivity index (χ0) is 12.3. The van der Waals surface area contributed by atoms with Crippen LogP contribution >= 0.6 is 15.9 Å². The molecule has 1 aromatic rings. The second-order valence-corrected chi connectivity index (χ2v) is 4.42. The van der Waals surface area contributed by atoms with Crippen molar-refractivity contribution in [3.8, 4) is 0 Å². The van der Waals surface area contributed by atoms with Crippen molar-refractivity contribution in [2.45, 2.75) is 25.6 Å². The van der Waals surface area contributed by atoms with Crippen molar-refractivity contribution < 1.29 is 10.2 Å². The summed E-state index contributed by atoms with van der Waals surface area (Å²) in [5, 5.41) is 20.2. The summed E-state index contributed by atoms with van der Waals surface area (Å²) in [5.74, 6) is 0.239. The van der Waals surface area contributed by atoms with Crippen LogP contribution in [-0.2, 0) is 0 Å². The van der Waals surface area contributed by atoms with Gasteiger partial charge < -0.3 is 21.7 Å². The summed E-state index contributed by atoms with van der Waals surface area (Å²) < 4.78 is 0. The molecule has 1 heterocycles. The number of halogens is 1. The van der Waals surface area contributed by atoms with Gasteiger partial charge in [0.05, 0.1) is 11.8 Å². The lowest BCUT2D eigenvalue weighted by atomic mass is 10.0. The molecule has 0 aliphatic rings. The Balaban J connectivity index is 2.99. The molecule has 0 aromatic carbocycles. The molecule has 0 amide bonds. The number of nitrogens with two attached hydrogens (primary N) is 2. The van der Waals surface area contributed by atoms with E-state index in [1.54, 1.807) is 13.0 Å². The summed E-state index contributed by atoms with van der Waals surface area (Å²) >= 11 is 3.20. The van der Waals surface area contributed by atoms with E-state index in [0.29, 0.717) is 28.7 Å². The number of nitrogens with zero attached hydrogens (tertiary/aromatic N) is 1. The van der Waals surface area contributed by atoms with Gasteiger partial charge in [0.2, 0.25) is 0 Å². The first-order valence-electron chi connectivity index (χ1n) is 4.92. The highest BCUT2D eigenvalue weighted by atomic mass is 79.9. The molecule has 0 aliphatic carbocycles. The molecule has 1 aromatic heterocycles. The quantitative estimate of drug-likeness (QED) is 0.612. The molecule has 6 heteroatoms. The minimum atomic E-state index is -0.993. The van der Waals surface area contributed by atoms with Crippen LogP contribution < -0.4 is 11.5 Å². The standard InChI is InChI=1S/C10H16BrN3O2/c1-5-6(4-7(12)10(13)14-5)9(16)8(15)2-3-11/h4,8-9,15-16H,2-3,12H2,1H3,(H2,13,14). The first-order valence-corrected chi connectivity index (χ1v) is 6.04. The number of aryl methyl sites for hydroxylation is 1. The average molecular weight is 290 g/mol. The van der Waals surface area contributed by atoms with Crippen LogP contribution in [-0.4, -0.2) is 26.6 Å². The molecule has 0 spiro atoms. The van der Waals surface area contributed by atoms with Gasteiger partial charge in [-0.25, -0.2) is 4.98 Å². The van der Waals surface area contributed by atoms with Crippen LogP contribution in [0, 0.1) is 6.92 Å². The van der Waals surface area contributed by atoms with Crippen molar-refractivity contribution >= 4 is 27.4 Å². The van der Waals surface area contributed by atoms with Gasteiger partial charge in [0.25, 0.3) is 0 Å². The van der Waals surface area contributed by atoms with Crippen molar-refractivity contribution in [3.63, 3.8) is 0 Å². The highest BCUT2D eigenvalue weighted by Gasteiger charge is 2.21. The Hall–Kier alpha value is -0.850. The molecule has 0 fully saturated rings. The van der Waals surface area contributed by atoms with E-state index < -0.39 is 12.2 Å². The molecule has 0 saturated heterocycles. The maximum atomic E-state index is 9.91. The number of aliphatic hydroxyl groups excluding tert-OH is 2. The van der Waals surface area contributed by atoms with E-state index in [-0.39, 0.29) is 5.82 Å². The van der Waals surface area contributed by atoms with E-state index in [0.717, 1.165) is 0 Å². The van der Waals surface area contributed by atoms with Gasteiger partial charge in [-0.15, -0.1) is 0 Å². The zero-order valence-electron chi connectivity index (χ0n) is 9.02. The van der Waals surface area contributed by atoms with Crippen LogP contribution in [0.15, 0.2) is 6.07 Å². The van der Waals surface area contributed by atoms with E-state index in [9.17, 15) is 10.2 Å². The van der Waals surface area contributed by atoms with Gasteiger partial charge in [-0.3, -0.25) is 0 Å². The molecule has 90 valence electrons. The SMILES string of the molecule is Cc1nc(N)c(N)cc1C(O)C(O)CCBr. The molecule has 2 unspecified atom stereocenters. The Morgan fingerprint density at radius 3 is 2.62 bits per heavy atom. The third-order valence-electron chi connectivity index (χ3n) is 2.40. The number of rotatable bonds is 4. The summed E-state index contributed by atoms with van der Waals surface area (Å²) in [7, 11) is 0. The molecule has 0 aliphatic heterocycles. The number of hydrogen-bond acceptors (Lipinski definition) is 5. The second-order valence-electron chi connectivity index (χ2n) is 3.63. The third kappa shape index (κ3) is 2.84. The topological polar surface area (TPSA) is 105 Å². The van der Waals surface area contributed by atoms with Crippen LogP contribution in [0.5, 0.6) is 0 Å². The lowest BCUT2D eigenvalue weighted by Gasteiger charge is -2.19. The maximum absolute atomic E-state index is 9.91. The smallest absolute Gasteiger partial charge is 0.146 e. The molecule has 6 N–H and O–H groups in total. The first-order chi connectivity index (χ1) is 7.47. The van der Waals surface area contributed by atoms with E-state index in [1.165, 1.54) is 0 Å². The van der Waals surface area contributed by atoms with Gasteiger partial charge in [0.15, 0.2) is 0 Å². The fraction of sp³-hybridized carbons (Fsp3) is 0.500. The number of hydrogen-bond donors (Lipinski definition) is 4. The van der Waals surface area contributed by atoms with Crippen LogP contribution in [0.2, 0.25) is 0 Å². The predicted octanol–water partition coefficient (Wildman–Crippen LogP) is 0.734. The molecule has 2 atom stereocenters.